The second kappa shape index (κ2) is 7.49. The van der Waals surface area contributed by atoms with E-state index in [-0.39, 0.29) is 18.7 Å². The van der Waals surface area contributed by atoms with Crippen LogP contribution in [-0.4, -0.2) is 58.0 Å². The number of nitrogens with zero attached hydrogens (tertiary/aromatic N) is 1. The van der Waals surface area contributed by atoms with Crippen LogP contribution in [0.1, 0.15) is 12.5 Å². The molecule has 2 amide bonds. The van der Waals surface area contributed by atoms with Crippen molar-refractivity contribution in [3.63, 3.8) is 0 Å². The first-order valence-electron chi connectivity index (χ1n) is 6.50. The molecule has 0 heterocycles. The van der Waals surface area contributed by atoms with E-state index in [0.717, 1.165) is 0 Å². The smallest absolute Gasteiger partial charge is 0.326 e. The first kappa shape index (κ1) is 16.8. The fourth-order valence-corrected chi connectivity index (χ4v) is 1.81. The molecule has 1 rings (SSSR count). The summed E-state index contributed by atoms with van der Waals surface area (Å²) in [5.74, 6) is -1.06. The Morgan fingerprint density at radius 3 is 2.33 bits per heavy atom. The molecule has 0 saturated carbocycles. The molecule has 0 aliphatic rings. The number of carboxylic acid groups (broad SMARTS) is 1. The third-order valence-corrected chi connectivity index (χ3v) is 2.86. The van der Waals surface area contributed by atoms with Crippen LogP contribution in [-0.2, 0) is 11.2 Å². The van der Waals surface area contributed by atoms with Crippen LogP contribution in [0.15, 0.2) is 24.3 Å². The van der Waals surface area contributed by atoms with Gasteiger partial charge in [-0.3, -0.25) is 0 Å². The molecule has 0 aromatic heterocycles. The van der Waals surface area contributed by atoms with Gasteiger partial charge in [0.1, 0.15) is 11.8 Å². The molecule has 0 aliphatic carbocycles. The Balaban J connectivity index is 2.67. The van der Waals surface area contributed by atoms with Gasteiger partial charge < -0.3 is 25.5 Å². The van der Waals surface area contributed by atoms with Crippen LogP contribution < -0.4 is 5.32 Å². The Bertz CT molecular complexity index is 487. The predicted molar refractivity (Wildman–Crippen MR) is 76.1 cm³/mol. The molecule has 116 valence electrons. The number of phenols is 1. The fourth-order valence-electron chi connectivity index (χ4n) is 1.81. The van der Waals surface area contributed by atoms with E-state index in [1.165, 1.54) is 31.0 Å². The van der Waals surface area contributed by atoms with Gasteiger partial charge in [0.05, 0.1) is 6.10 Å². The van der Waals surface area contributed by atoms with Crippen molar-refractivity contribution in [1.82, 2.24) is 10.2 Å². The number of carbonyl (C=O) groups excluding carboxylic acids is 1. The number of aliphatic hydroxyl groups is 1. The number of benzene rings is 1. The number of phenolic OH excluding ortho intramolecular Hbond substituents is 1. The number of nitrogens with one attached hydrogen (secondary N) is 1. The van der Waals surface area contributed by atoms with Gasteiger partial charge >= 0.3 is 12.0 Å². The van der Waals surface area contributed by atoms with Crippen molar-refractivity contribution in [3.8, 4) is 5.75 Å². The molecule has 7 nitrogen and oxygen atoms in total. The topological polar surface area (TPSA) is 110 Å². The predicted octanol–water partition coefficient (Wildman–Crippen LogP) is 0.410. The van der Waals surface area contributed by atoms with Gasteiger partial charge in [-0.1, -0.05) is 12.1 Å². The average Bonchev–Trinajstić information content (AvgIpc) is 2.39. The van der Waals surface area contributed by atoms with E-state index < -0.39 is 24.1 Å². The normalized spacial score (nSPS) is 13.3. The van der Waals surface area contributed by atoms with Crippen molar-refractivity contribution in [2.24, 2.45) is 0 Å². The number of hydrogen-bond acceptors (Lipinski definition) is 4. The molecule has 7 heteroatoms. The van der Waals surface area contributed by atoms with Crippen LogP contribution in [0.2, 0.25) is 0 Å². The van der Waals surface area contributed by atoms with Crippen molar-refractivity contribution < 1.29 is 24.9 Å². The quantitative estimate of drug-likeness (QED) is 0.608. The van der Waals surface area contributed by atoms with Crippen molar-refractivity contribution in [1.29, 1.82) is 0 Å². The number of aliphatic carboxylic acids is 1. The number of amides is 2. The molecule has 0 saturated heterocycles. The average molecular weight is 296 g/mol. The lowest BCUT2D eigenvalue weighted by Gasteiger charge is -2.22. The summed E-state index contributed by atoms with van der Waals surface area (Å²) in [5.41, 5.74) is 0.679. The lowest BCUT2D eigenvalue weighted by Crippen LogP contribution is -2.49. The minimum absolute atomic E-state index is 0.0892. The molecular weight excluding hydrogens is 276 g/mol. The molecule has 0 aliphatic heterocycles. The number of carbonyl (C=O) groups is 2. The number of aliphatic hydroxyl groups excluding tert-OH is 1. The summed E-state index contributed by atoms with van der Waals surface area (Å²) < 4.78 is 0. The van der Waals surface area contributed by atoms with Gasteiger partial charge in [0.2, 0.25) is 0 Å². The zero-order valence-corrected chi connectivity index (χ0v) is 12.0. The fraction of sp³-hybridized carbons (Fsp3) is 0.429. The highest BCUT2D eigenvalue weighted by atomic mass is 16.4. The molecular formula is C14H20N2O5. The largest absolute Gasteiger partial charge is 0.508 e. The van der Waals surface area contributed by atoms with Gasteiger partial charge in [-0.2, -0.15) is 0 Å². The maximum Gasteiger partial charge on any atom is 0.326 e. The summed E-state index contributed by atoms with van der Waals surface area (Å²) in [6.45, 7) is 1.65. The van der Waals surface area contributed by atoms with E-state index in [0.29, 0.717) is 5.56 Å². The molecule has 0 spiro atoms. The molecule has 2 unspecified atom stereocenters. The van der Waals surface area contributed by atoms with Crippen LogP contribution in [0.3, 0.4) is 0 Å². The molecule has 21 heavy (non-hydrogen) atoms. The summed E-state index contributed by atoms with van der Waals surface area (Å²) in [5, 5.41) is 30.0. The third-order valence-electron chi connectivity index (χ3n) is 2.86. The van der Waals surface area contributed by atoms with E-state index in [2.05, 4.69) is 5.32 Å². The first-order valence-corrected chi connectivity index (χ1v) is 6.50. The molecule has 1 aromatic carbocycles. The van der Waals surface area contributed by atoms with Crippen LogP contribution in [0.4, 0.5) is 4.79 Å². The van der Waals surface area contributed by atoms with Crippen molar-refractivity contribution in [2.75, 3.05) is 13.6 Å². The molecule has 0 radical (unpaired) electrons. The number of hydrogen-bond donors (Lipinski definition) is 4. The summed E-state index contributed by atoms with van der Waals surface area (Å²) in [4.78, 5) is 24.3. The zero-order chi connectivity index (χ0) is 16.0. The summed E-state index contributed by atoms with van der Waals surface area (Å²) in [6, 6.07) is 4.44. The zero-order valence-electron chi connectivity index (χ0n) is 12.0. The maximum absolute atomic E-state index is 11.8. The summed E-state index contributed by atoms with van der Waals surface area (Å²) in [6.07, 6.45) is -0.592. The van der Waals surface area contributed by atoms with Crippen molar-refractivity contribution >= 4 is 12.0 Å². The Hall–Kier alpha value is -2.28. The summed E-state index contributed by atoms with van der Waals surface area (Å²) in [7, 11) is 1.47. The third kappa shape index (κ3) is 5.70. The van der Waals surface area contributed by atoms with Crippen molar-refractivity contribution in [2.45, 2.75) is 25.5 Å². The van der Waals surface area contributed by atoms with E-state index in [1.54, 1.807) is 12.1 Å². The summed E-state index contributed by atoms with van der Waals surface area (Å²) >= 11 is 0. The van der Waals surface area contributed by atoms with Gasteiger partial charge in [0.25, 0.3) is 0 Å². The Morgan fingerprint density at radius 2 is 1.86 bits per heavy atom. The minimum Gasteiger partial charge on any atom is -0.508 e. The Kier molecular flexibility index (Phi) is 5.98. The van der Waals surface area contributed by atoms with Crippen LogP contribution in [0.5, 0.6) is 5.75 Å². The van der Waals surface area contributed by atoms with Crippen LogP contribution in [0, 0.1) is 0 Å². The number of aromatic hydroxyl groups is 1. The molecule has 0 fully saturated rings. The molecule has 4 N–H and O–H groups in total. The van der Waals surface area contributed by atoms with E-state index in [4.69, 9.17) is 5.11 Å². The van der Waals surface area contributed by atoms with Crippen LogP contribution in [0.25, 0.3) is 0 Å². The lowest BCUT2D eigenvalue weighted by atomic mass is 10.1. The van der Waals surface area contributed by atoms with E-state index in [9.17, 15) is 19.8 Å². The maximum atomic E-state index is 11.8. The number of rotatable bonds is 6. The monoisotopic (exact) mass is 296 g/mol. The number of urea groups is 1. The van der Waals surface area contributed by atoms with Crippen molar-refractivity contribution in [3.05, 3.63) is 29.8 Å². The second-order valence-electron chi connectivity index (χ2n) is 4.94. The molecule has 0 bridgehead atoms. The Labute approximate surface area is 122 Å². The van der Waals surface area contributed by atoms with Crippen LogP contribution >= 0.6 is 0 Å². The van der Waals surface area contributed by atoms with Gasteiger partial charge in [0, 0.05) is 20.0 Å². The first-order chi connectivity index (χ1) is 9.79. The standard InChI is InChI=1S/C14H20N2O5/c1-9(17)8-16(2)14(21)15-12(13(19)20)7-10-3-5-11(18)6-4-10/h3-6,9,12,17-18H,7-8H2,1-2H3,(H,15,21)(H,19,20). The van der Waals surface area contributed by atoms with Gasteiger partial charge in [-0.15, -0.1) is 0 Å². The minimum atomic E-state index is -1.15. The highest BCUT2D eigenvalue weighted by Crippen LogP contribution is 2.11. The second-order valence-corrected chi connectivity index (χ2v) is 4.94. The highest BCUT2D eigenvalue weighted by Gasteiger charge is 2.22. The van der Waals surface area contributed by atoms with Gasteiger partial charge in [-0.25, -0.2) is 9.59 Å². The Morgan fingerprint density at radius 1 is 1.29 bits per heavy atom. The number of likely N-dealkylation sites (N-methyl/N-ethyl adjacent to an activating group) is 1. The highest BCUT2D eigenvalue weighted by molar-refractivity contribution is 5.82. The lowest BCUT2D eigenvalue weighted by molar-refractivity contribution is -0.139. The molecule has 1 aromatic rings. The van der Waals surface area contributed by atoms with E-state index in [1.807, 2.05) is 0 Å². The number of carboxylic acids is 1. The molecule has 2 atom stereocenters. The SMILES string of the molecule is CC(O)CN(C)C(=O)NC(Cc1ccc(O)cc1)C(=O)O. The van der Waals surface area contributed by atoms with E-state index >= 15 is 0 Å². The van der Waals surface area contributed by atoms with Gasteiger partial charge in [0.15, 0.2) is 0 Å². The van der Waals surface area contributed by atoms with Gasteiger partial charge in [-0.05, 0) is 24.6 Å².